The van der Waals surface area contributed by atoms with Crippen molar-refractivity contribution in [3.05, 3.63) is 49.4 Å². The quantitative estimate of drug-likeness (QED) is 0.774. The molecule has 1 unspecified atom stereocenters. The van der Waals surface area contributed by atoms with Crippen LogP contribution in [-0.2, 0) is 16.0 Å². The molecule has 2 rings (SSSR count). The summed E-state index contributed by atoms with van der Waals surface area (Å²) in [4.78, 5) is 16.1. The molecule has 1 amide bonds. The second-order valence-electron chi connectivity index (χ2n) is 4.79. The van der Waals surface area contributed by atoms with E-state index in [2.05, 4.69) is 10.3 Å². The number of amides is 1. The highest BCUT2D eigenvalue weighted by Crippen LogP contribution is 2.24. The smallest absolute Gasteiger partial charge is 0.225 e. The lowest BCUT2D eigenvalue weighted by molar-refractivity contribution is -0.121. The highest BCUT2D eigenvalue weighted by molar-refractivity contribution is 7.73. The summed E-state index contributed by atoms with van der Waals surface area (Å²) in [5, 5.41) is 3.51. The first-order valence-corrected chi connectivity index (χ1v) is 8.34. The molecule has 1 aromatic carbocycles. The third kappa shape index (κ3) is 4.39. The Morgan fingerprint density at radius 1 is 1.50 bits per heavy atom. The van der Waals surface area contributed by atoms with Gasteiger partial charge in [0.1, 0.15) is 6.10 Å². The number of halogens is 1. The maximum atomic E-state index is 12.1. The van der Waals surface area contributed by atoms with E-state index < -0.39 is 0 Å². The number of aryl methyl sites for hydroxylation is 1. The molecule has 0 saturated carbocycles. The predicted molar refractivity (Wildman–Crippen MR) is 92.2 cm³/mol. The number of methoxy groups -OCH3 is 1. The van der Waals surface area contributed by atoms with Crippen LogP contribution in [-0.4, -0.2) is 24.5 Å². The Labute approximate surface area is 143 Å². The van der Waals surface area contributed by atoms with Crippen LogP contribution in [0.25, 0.3) is 0 Å². The molecule has 1 aromatic heterocycles. The van der Waals surface area contributed by atoms with Gasteiger partial charge in [-0.05, 0) is 25.2 Å². The van der Waals surface area contributed by atoms with Gasteiger partial charge in [-0.1, -0.05) is 29.8 Å². The van der Waals surface area contributed by atoms with Crippen LogP contribution in [0.2, 0.25) is 5.02 Å². The summed E-state index contributed by atoms with van der Waals surface area (Å²) in [5.74, 6) is -0.0672. The van der Waals surface area contributed by atoms with Gasteiger partial charge in [-0.2, -0.15) is 0 Å². The Kier molecular flexibility index (Phi) is 6.14. The SMILES string of the molecule is COC(CNC(=O)Cc1sc(=S)[nH]c1C)c1ccccc1Cl. The van der Waals surface area contributed by atoms with Gasteiger partial charge < -0.3 is 15.0 Å². The van der Waals surface area contributed by atoms with Crippen molar-refractivity contribution >= 4 is 41.1 Å². The lowest BCUT2D eigenvalue weighted by Gasteiger charge is -2.17. The van der Waals surface area contributed by atoms with Crippen molar-refractivity contribution in [1.29, 1.82) is 0 Å². The number of hydrogen-bond donors (Lipinski definition) is 2. The Morgan fingerprint density at radius 3 is 2.82 bits per heavy atom. The number of thiazole rings is 1. The predicted octanol–water partition coefficient (Wildman–Crippen LogP) is 3.81. The Bertz CT molecular complexity index is 712. The summed E-state index contributed by atoms with van der Waals surface area (Å²) in [7, 11) is 1.60. The molecular weight excluding hydrogens is 340 g/mol. The standard InChI is InChI=1S/C15H17ClN2O2S2/c1-9-13(22-15(21)18-9)7-14(19)17-8-12(20-2)10-5-3-4-6-11(10)16/h3-6,12H,7-8H2,1-2H3,(H,17,19)(H,18,21). The topological polar surface area (TPSA) is 54.1 Å². The zero-order chi connectivity index (χ0) is 16.1. The highest BCUT2D eigenvalue weighted by atomic mass is 35.5. The molecular formula is C15H17ClN2O2S2. The third-order valence-corrected chi connectivity index (χ3v) is 4.95. The minimum atomic E-state index is -0.275. The van der Waals surface area contributed by atoms with Gasteiger partial charge in [-0.25, -0.2) is 0 Å². The van der Waals surface area contributed by atoms with E-state index in [1.54, 1.807) is 13.2 Å². The molecule has 0 fully saturated rings. The zero-order valence-electron chi connectivity index (χ0n) is 12.3. The molecule has 0 aliphatic carbocycles. The van der Waals surface area contributed by atoms with Crippen molar-refractivity contribution in [2.24, 2.45) is 0 Å². The normalized spacial score (nSPS) is 12.1. The number of nitrogens with one attached hydrogen (secondary N) is 2. The molecule has 1 atom stereocenters. The van der Waals surface area contributed by atoms with E-state index in [0.29, 0.717) is 21.9 Å². The minimum absolute atomic E-state index is 0.0672. The van der Waals surface area contributed by atoms with Gasteiger partial charge in [0.15, 0.2) is 3.95 Å². The van der Waals surface area contributed by atoms with E-state index in [9.17, 15) is 4.79 Å². The summed E-state index contributed by atoms with van der Waals surface area (Å²) in [6.45, 7) is 2.28. The van der Waals surface area contributed by atoms with Crippen molar-refractivity contribution < 1.29 is 9.53 Å². The van der Waals surface area contributed by atoms with Crippen molar-refractivity contribution in [1.82, 2.24) is 10.3 Å². The van der Waals surface area contributed by atoms with Crippen molar-refractivity contribution in [2.45, 2.75) is 19.4 Å². The fourth-order valence-electron chi connectivity index (χ4n) is 2.08. The maximum Gasteiger partial charge on any atom is 0.225 e. The summed E-state index contributed by atoms with van der Waals surface area (Å²) >= 11 is 12.7. The van der Waals surface area contributed by atoms with E-state index in [0.717, 1.165) is 16.1 Å². The Hall–Kier alpha value is -1.21. The molecule has 7 heteroatoms. The summed E-state index contributed by atoms with van der Waals surface area (Å²) in [5.41, 5.74) is 1.81. The Morgan fingerprint density at radius 2 is 2.23 bits per heavy atom. The fourth-order valence-corrected chi connectivity index (χ4v) is 3.62. The second-order valence-corrected chi connectivity index (χ2v) is 6.97. The minimum Gasteiger partial charge on any atom is -0.375 e. The van der Waals surface area contributed by atoms with Crippen LogP contribution in [0.3, 0.4) is 0 Å². The van der Waals surface area contributed by atoms with Gasteiger partial charge in [-0.3, -0.25) is 4.79 Å². The number of aromatic amines is 1. The van der Waals surface area contributed by atoms with Crippen LogP contribution in [0.5, 0.6) is 0 Å². The van der Waals surface area contributed by atoms with Crippen molar-refractivity contribution in [2.75, 3.05) is 13.7 Å². The lowest BCUT2D eigenvalue weighted by Crippen LogP contribution is -2.30. The average molecular weight is 357 g/mol. The zero-order valence-corrected chi connectivity index (χ0v) is 14.7. The molecule has 118 valence electrons. The van der Waals surface area contributed by atoms with E-state index in [1.165, 1.54) is 11.3 Å². The average Bonchev–Trinajstić information content (AvgIpc) is 2.79. The molecule has 0 radical (unpaired) electrons. The molecule has 0 aliphatic rings. The molecule has 4 nitrogen and oxygen atoms in total. The van der Waals surface area contributed by atoms with Crippen LogP contribution in [0, 0.1) is 10.9 Å². The van der Waals surface area contributed by atoms with E-state index in [4.69, 9.17) is 28.6 Å². The summed E-state index contributed by atoms with van der Waals surface area (Å²) in [6, 6.07) is 7.45. The molecule has 0 spiro atoms. The molecule has 0 bridgehead atoms. The van der Waals surface area contributed by atoms with Crippen LogP contribution in [0.15, 0.2) is 24.3 Å². The third-order valence-electron chi connectivity index (χ3n) is 3.27. The number of carbonyl (C=O) groups is 1. The summed E-state index contributed by atoms with van der Waals surface area (Å²) < 4.78 is 6.11. The Balaban J connectivity index is 1.96. The maximum absolute atomic E-state index is 12.1. The van der Waals surface area contributed by atoms with Gasteiger partial charge in [-0.15, -0.1) is 11.3 Å². The molecule has 0 aliphatic heterocycles. The molecule has 0 saturated heterocycles. The second kappa shape index (κ2) is 7.87. The van der Waals surface area contributed by atoms with E-state index in [1.807, 2.05) is 25.1 Å². The van der Waals surface area contributed by atoms with Crippen LogP contribution in [0.4, 0.5) is 0 Å². The van der Waals surface area contributed by atoms with Crippen LogP contribution in [0.1, 0.15) is 22.2 Å². The van der Waals surface area contributed by atoms with Crippen molar-refractivity contribution in [3.63, 3.8) is 0 Å². The highest BCUT2D eigenvalue weighted by Gasteiger charge is 2.15. The first-order chi connectivity index (χ1) is 10.5. The number of rotatable bonds is 6. The first-order valence-electron chi connectivity index (χ1n) is 6.73. The molecule has 1 heterocycles. The van der Waals surface area contributed by atoms with E-state index >= 15 is 0 Å². The van der Waals surface area contributed by atoms with Gasteiger partial charge in [0, 0.05) is 34.8 Å². The van der Waals surface area contributed by atoms with Crippen molar-refractivity contribution in [3.8, 4) is 0 Å². The van der Waals surface area contributed by atoms with E-state index in [-0.39, 0.29) is 12.0 Å². The molecule has 22 heavy (non-hydrogen) atoms. The summed E-state index contributed by atoms with van der Waals surface area (Å²) in [6.07, 6.45) is 0.0333. The first kappa shape index (κ1) is 17.1. The number of benzene rings is 1. The van der Waals surface area contributed by atoms with Gasteiger partial charge in [0.05, 0.1) is 6.42 Å². The molecule has 2 aromatic rings. The molecule has 2 N–H and O–H groups in total. The van der Waals surface area contributed by atoms with Crippen LogP contribution >= 0.6 is 35.2 Å². The largest absolute Gasteiger partial charge is 0.375 e. The number of ether oxygens (including phenoxy) is 1. The monoisotopic (exact) mass is 356 g/mol. The van der Waals surface area contributed by atoms with Crippen LogP contribution < -0.4 is 5.32 Å². The number of aromatic nitrogens is 1. The van der Waals surface area contributed by atoms with Gasteiger partial charge in [0.25, 0.3) is 0 Å². The van der Waals surface area contributed by atoms with Gasteiger partial charge in [0.2, 0.25) is 5.91 Å². The van der Waals surface area contributed by atoms with Gasteiger partial charge >= 0.3 is 0 Å². The fraction of sp³-hybridized carbons (Fsp3) is 0.333. The number of carbonyl (C=O) groups excluding carboxylic acids is 1. The number of H-pyrrole nitrogens is 1. The number of hydrogen-bond acceptors (Lipinski definition) is 4. The lowest BCUT2D eigenvalue weighted by atomic mass is 10.1.